The Labute approximate surface area is 280 Å². The van der Waals surface area contributed by atoms with Gasteiger partial charge in [0, 0.05) is 0 Å². The van der Waals surface area contributed by atoms with Crippen molar-refractivity contribution in [1.29, 1.82) is 0 Å². The third kappa shape index (κ3) is 9.14. The fourth-order valence-electron chi connectivity index (χ4n) is 5.11. The first-order chi connectivity index (χ1) is 19.1. The smallest absolute Gasteiger partial charge is 0.0276 e. The van der Waals surface area contributed by atoms with E-state index in [4.69, 9.17) is 0 Å². The number of hydrogen-bond donors (Lipinski definition) is 0. The topological polar surface area (TPSA) is 0 Å². The van der Waals surface area contributed by atoms with Crippen LogP contribution >= 0.6 is 0 Å². The van der Waals surface area contributed by atoms with E-state index in [-0.39, 0.29) is 30.2 Å². The Morgan fingerprint density at radius 3 is 1.90 bits per heavy atom. The van der Waals surface area contributed by atoms with Crippen LogP contribution in [0.5, 0.6) is 0 Å². The second-order valence-electron chi connectivity index (χ2n) is 11.3. The molecule has 0 amide bonds. The van der Waals surface area contributed by atoms with Gasteiger partial charge in [-0.15, -0.1) is 68.6 Å². The molecule has 0 radical (unpaired) electrons. The van der Waals surface area contributed by atoms with E-state index in [0.29, 0.717) is 5.92 Å². The summed E-state index contributed by atoms with van der Waals surface area (Å²) in [6.07, 6.45) is 0. The summed E-state index contributed by atoms with van der Waals surface area (Å²) in [5.41, 5.74) is 10.9. The fourth-order valence-corrected chi connectivity index (χ4v) is 5.11. The van der Waals surface area contributed by atoms with Crippen molar-refractivity contribution in [1.82, 2.24) is 0 Å². The number of rotatable bonds is 3. The van der Waals surface area contributed by atoms with Gasteiger partial charge in [-0.1, -0.05) is 111 Å². The van der Waals surface area contributed by atoms with Crippen LogP contribution < -0.4 is 24.8 Å². The third-order valence-electron chi connectivity index (χ3n) is 7.10. The maximum atomic E-state index is 2.34. The molecule has 6 aromatic rings. The predicted molar refractivity (Wildman–Crippen MR) is 176 cm³/mol. The van der Waals surface area contributed by atoms with Crippen molar-refractivity contribution in [2.75, 3.05) is 0 Å². The van der Waals surface area contributed by atoms with E-state index in [9.17, 15) is 0 Å². The van der Waals surface area contributed by atoms with Gasteiger partial charge in [0.1, 0.15) is 0 Å². The molecule has 0 atom stereocenters. The van der Waals surface area contributed by atoms with E-state index in [1.54, 1.807) is 23.3 Å². The van der Waals surface area contributed by atoms with E-state index < -0.39 is 0 Å². The fraction of sp³-hybridized carbons (Fsp3) is 0.211. The molecule has 6 rings (SSSR count). The van der Waals surface area contributed by atoms with Gasteiger partial charge in [0.15, 0.2) is 0 Å². The van der Waals surface area contributed by atoms with Gasteiger partial charge >= 0.3 is 41.9 Å². The molecule has 0 heterocycles. The van der Waals surface area contributed by atoms with Crippen LogP contribution in [-0.4, -0.2) is 5.43 Å². The van der Waals surface area contributed by atoms with Crippen molar-refractivity contribution in [2.24, 2.45) is 0 Å². The molecule has 0 saturated heterocycles. The van der Waals surface area contributed by atoms with Crippen LogP contribution in [0.15, 0.2) is 109 Å². The van der Waals surface area contributed by atoms with E-state index in [1.807, 2.05) is 0 Å². The number of benzene rings is 4. The molecule has 0 saturated carbocycles. The summed E-state index contributed by atoms with van der Waals surface area (Å²) in [5.74, 6) is 0.581. The Hall–Kier alpha value is -2.22. The van der Waals surface area contributed by atoms with Crippen LogP contribution in [0, 0.1) is 20.8 Å². The molecule has 0 nitrogen and oxygen atoms in total. The number of aryl methyl sites for hydroxylation is 3. The Morgan fingerprint density at radius 1 is 0.643 bits per heavy atom. The maximum absolute atomic E-state index is 2.34. The molecule has 0 aliphatic heterocycles. The predicted octanol–water partition coefficient (Wildman–Crippen LogP) is 5.29. The summed E-state index contributed by atoms with van der Waals surface area (Å²) in [4.78, 5) is 0. The zero-order valence-electron chi connectivity index (χ0n) is 25.7. The number of fused-ring (bicyclic) bond motifs is 2. The van der Waals surface area contributed by atoms with Gasteiger partial charge in [-0.25, -0.2) is 0 Å². The number of hydrogen-bond acceptors (Lipinski definition) is 0. The molecule has 216 valence electrons. The largest absolute Gasteiger partial charge is 1.00 e. The van der Waals surface area contributed by atoms with Gasteiger partial charge in [-0.05, 0) is 24.0 Å². The molecule has 0 N–H and O–H groups in total. The van der Waals surface area contributed by atoms with Gasteiger partial charge < -0.3 is 24.8 Å². The number of halogens is 2. The first kappa shape index (κ1) is 36.0. The summed E-state index contributed by atoms with van der Waals surface area (Å²) in [5, 5.41) is 5.47. The Bertz CT molecular complexity index is 1740. The summed E-state index contributed by atoms with van der Waals surface area (Å²) in [6, 6.07) is 39.6. The molecule has 0 aliphatic rings. The second kappa shape index (κ2) is 16.6. The molecular formula is C38H40Cl2SiZr-2. The van der Waals surface area contributed by atoms with Crippen molar-refractivity contribution in [3.05, 3.63) is 131 Å². The molecule has 0 aliphatic carbocycles. The zero-order valence-corrected chi connectivity index (χ0v) is 30.7. The van der Waals surface area contributed by atoms with Crippen molar-refractivity contribution < 1.29 is 48.1 Å². The van der Waals surface area contributed by atoms with Crippen molar-refractivity contribution in [3.63, 3.8) is 0 Å². The van der Waals surface area contributed by atoms with Crippen LogP contribution in [0.25, 0.3) is 43.8 Å². The first-order valence-electron chi connectivity index (χ1n) is 14.1. The summed E-state index contributed by atoms with van der Waals surface area (Å²) >= 11 is 1.74. The minimum absolute atomic E-state index is 0. The molecule has 0 fully saturated rings. The van der Waals surface area contributed by atoms with E-state index >= 15 is 0 Å². The van der Waals surface area contributed by atoms with Gasteiger partial charge in [0.2, 0.25) is 0 Å². The standard InChI is InChI=1S/C19H19.C17H15.C2H6Si.2ClH.Zr/c1-13(2)17-11-16-8-5-9-18(19(16)12-17)15-7-4-6-14(3)10-15;1-12-10-16-13(2)8-9-15(17(16)11-12)14-6-4-3-5-7-14;1-3-2;;;/h4-13H,1-3H3;3-11H,1-2H3;1-2H3;2*1H;/q2*-1;;;;+2/p-2. The van der Waals surface area contributed by atoms with Gasteiger partial charge in [0.25, 0.3) is 0 Å². The van der Waals surface area contributed by atoms with Crippen molar-refractivity contribution >= 4 is 27.0 Å². The summed E-state index contributed by atoms with van der Waals surface area (Å²) in [6.45, 7) is 15.6. The summed E-state index contributed by atoms with van der Waals surface area (Å²) in [7, 11) is 0. The van der Waals surface area contributed by atoms with Crippen LogP contribution in [0.2, 0.25) is 13.1 Å². The second-order valence-corrected chi connectivity index (χ2v) is 20.7. The van der Waals surface area contributed by atoms with Crippen LogP contribution in [0.1, 0.15) is 42.0 Å². The average molecular weight is 687 g/mol. The van der Waals surface area contributed by atoms with Gasteiger partial charge in [0.05, 0.1) is 0 Å². The minimum atomic E-state index is 0. The Balaban J connectivity index is 0.000000251. The van der Waals surface area contributed by atoms with Crippen molar-refractivity contribution in [3.8, 4) is 22.3 Å². The molecule has 4 heteroatoms. The van der Waals surface area contributed by atoms with E-state index in [2.05, 4.69) is 157 Å². The molecule has 42 heavy (non-hydrogen) atoms. The SMILES string of the molecule is C[Si](C)=[Zr+2].Cc1cc2c(-c3ccccc3)ccc(C)c2[cH-]1.Cc1cccc(-c2cccc3[cH-]c(C(C)C)cc23)c1.[Cl-].[Cl-]. The average Bonchev–Trinajstić information content (AvgIpc) is 3.54. The molecule has 6 aromatic carbocycles. The quantitative estimate of drug-likeness (QED) is 0.176. The van der Waals surface area contributed by atoms with Crippen molar-refractivity contribution in [2.45, 2.75) is 53.6 Å². The third-order valence-corrected chi connectivity index (χ3v) is 7.10. The summed E-state index contributed by atoms with van der Waals surface area (Å²) < 4.78 is 0. The first-order valence-corrected chi connectivity index (χ1v) is 20.3. The van der Waals surface area contributed by atoms with Crippen LogP contribution in [0.3, 0.4) is 0 Å². The molecular weight excluding hydrogens is 647 g/mol. The molecule has 0 aromatic heterocycles. The monoisotopic (exact) mass is 684 g/mol. The normalized spacial score (nSPS) is 10.2. The molecule has 0 spiro atoms. The van der Waals surface area contributed by atoms with Crippen LogP contribution in [0.4, 0.5) is 0 Å². The molecule has 0 unspecified atom stereocenters. The van der Waals surface area contributed by atoms with Gasteiger partial charge in [-0.2, -0.15) is 12.1 Å². The van der Waals surface area contributed by atoms with E-state index in [1.165, 1.54) is 66.1 Å². The van der Waals surface area contributed by atoms with Gasteiger partial charge in [-0.3, -0.25) is 0 Å². The Kier molecular flexibility index (Phi) is 14.2. The zero-order chi connectivity index (χ0) is 28.8. The Morgan fingerprint density at radius 2 is 1.26 bits per heavy atom. The maximum Gasteiger partial charge on any atom is -0.0276 e. The van der Waals surface area contributed by atoms with E-state index in [0.717, 1.165) is 0 Å². The van der Waals surface area contributed by atoms with Crippen LogP contribution in [-0.2, 0) is 23.3 Å². The molecule has 0 bridgehead atoms. The minimum Gasteiger partial charge on any atom is -1.00 e.